The predicted molar refractivity (Wildman–Crippen MR) is 60.6 cm³/mol. The zero-order chi connectivity index (χ0) is 11.1. The lowest BCUT2D eigenvalue weighted by Crippen LogP contribution is -2.03. The SMILES string of the molecule is CNCc1ccc(COCCC(C)C)o1. The van der Waals surface area contributed by atoms with E-state index in [-0.39, 0.29) is 0 Å². The summed E-state index contributed by atoms with van der Waals surface area (Å²) in [5, 5.41) is 3.04. The van der Waals surface area contributed by atoms with Crippen molar-refractivity contribution in [3.63, 3.8) is 0 Å². The predicted octanol–water partition coefficient (Wildman–Crippen LogP) is 2.56. The van der Waals surface area contributed by atoms with Crippen LogP contribution in [0.1, 0.15) is 31.8 Å². The van der Waals surface area contributed by atoms with Crippen molar-refractivity contribution in [1.29, 1.82) is 0 Å². The van der Waals surface area contributed by atoms with Crippen LogP contribution >= 0.6 is 0 Å². The van der Waals surface area contributed by atoms with Crippen molar-refractivity contribution < 1.29 is 9.15 Å². The molecule has 0 amide bonds. The highest BCUT2D eigenvalue weighted by atomic mass is 16.5. The summed E-state index contributed by atoms with van der Waals surface area (Å²) in [5.74, 6) is 2.56. The molecule has 3 nitrogen and oxygen atoms in total. The number of ether oxygens (including phenoxy) is 1. The van der Waals surface area contributed by atoms with E-state index < -0.39 is 0 Å². The molecule has 0 aliphatic rings. The summed E-state index contributed by atoms with van der Waals surface area (Å²) in [6, 6.07) is 3.96. The Kier molecular flexibility index (Phi) is 5.43. The van der Waals surface area contributed by atoms with Crippen molar-refractivity contribution in [2.75, 3.05) is 13.7 Å². The van der Waals surface area contributed by atoms with Crippen molar-refractivity contribution in [3.8, 4) is 0 Å². The number of furan rings is 1. The minimum Gasteiger partial charge on any atom is -0.462 e. The number of nitrogens with one attached hydrogen (secondary N) is 1. The number of hydrogen-bond donors (Lipinski definition) is 1. The van der Waals surface area contributed by atoms with E-state index in [1.165, 1.54) is 0 Å². The molecule has 1 aromatic heterocycles. The largest absolute Gasteiger partial charge is 0.462 e. The van der Waals surface area contributed by atoms with Crippen LogP contribution in [-0.2, 0) is 17.9 Å². The lowest BCUT2D eigenvalue weighted by Gasteiger charge is -2.04. The van der Waals surface area contributed by atoms with E-state index in [9.17, 15) is 0 Å². The van der Waals surface area contributed by atoms with Gasteiger partial charge in [0.15, 0.2) is 0 Å². The standard InChI is InChI=1S/C12H21NO2/c1-10(2)6-7-14-9-12-5-4-11(15-12)8-13-3/h4-5,10,13H,6-9H2,1-3H3. The minimum atomic E-state index is 0.580. The van der Waals surface area contributed by atoms with Gasteiger partial charge in [-0.2, -0.15) is 0 Å². The summed E-state index contributed by atoms with van der Waals surface area (Å²) in [6.45, 7) is 6.55. The molecule has 0 saturated carbocycles. The first kappa shape index (κ1) is 12.3. The summed E-state index contributed by atoms with van der Waals surface area (Å²) < 4.78 is 11.1. The maximum Gasteiger partial charge on any atom is 0.129 e. The Bertz CT molecular complexity index is 268. The molecule has 0 fully saturated rings. The lowest BCUT2D eigenvalue weighted by atomic mass is 10.1. The van der Waals surface area contributed by atoms with E-state index in [0.717, 1.165) is 31.1 Å². The van der Waals surface area contributed by atoms with Crippen molar-refractivity contribution >= 4 is 0 Å². The van der Waals surface area contributed by atoms with Crippen LogP contribution in [-0.4, -0.2) is 13.7 Å². The van der Waals surface area contributed by atoms with Crippen LogP contribution in [0.25, 0.3) is 0 Å². The molecule has 1 rings (SSSR count). The highest BCUT2D eigenvalue weighted by Gasteiger charge is 2.01. The second kappa shape index (κ2) is 6.64. The van der Waals surface area contributed by atoms with Crippen molar-refractivity contribution in [2.24, 2.45) is 5.92 Å². The first-order chi connectivity index (χ1) is 7.22. The normalized spacial score (nSPS) is 11.2. The second-order valence-corrected chi connectivity index (χ2v) is 4.13. The topological polar surface area (TPSA) is 34.4 Å². The Labute approximate surface area is 91.8 Å². The van der Waals surface area contributed by atoms with Gasteiger partial charge in [0.2, 0.25) is 0 Å². The van der Waals surface area contributed by atoms with E-state index in [0.29, 0.717) is 12.5 Å². The highest BCUT2D eigenvalue weighted by molar-refractivity contribution is 5.06. The van der Waals surface area contributed by atoms with Crippen LogP contribution in [0.2, 0.25) is 0 Å². The molecule has 0 saturated heterocycles. The molecule has 0 spiro atoms. The van der Waals surface area contributed by atoms with Crippen molar-refractivity contribution in [2.45, 2.75) is 33.4 Å². The summed E-state index contributed by atoms with van der Waals surface area (Å²) >= 11 is 0. The fourth-order valence-electron chi connectivity index (χ4n) is 1.26. The Morgan fingerprint density at radius 1 is 1.33 bits per heavy atom. The highest BCUT2D eigenvalue weighted by Crippen LogP contribution is 2.09. The molecule has 0 aliphatic carbocycles. The Hall–Kier alpha value is -0.800. The average Bonchev–Trinajstić information content (AvgIpc) is 2.61. The van der Waals surface area contributed by atoms with Gasteiger partial charge in [-0.3, -0.25) is 0 Å². The molecule has 0 bridgehead atoms. The van der Waals surface area contributed by atoms with Gasteiger partial charge in [-0.15, -0.1) is 0 Å². The third-order valence-electron chi connectivity index (χ3n) is 2.15. The Morgan fingerprint density at radius 3 is 2.73 bits per heavy atom. The molecule has 3 heteroatoms. The summed E-state index contributed by atoms with van der Waals surface area (Å²) in [7, 11) is 1.90. The van der Waals surface area contributed by atoms with Crippen LogP contribution in [0.4, 0.5) is 0 Å². The van der Waals surface area contributed by atoms with Gasteiger partial charge in [-0.25, -0.2) is 0 Å². The Balaban J connectivity index is 2.19. The molecule has 0 radical (unpaired) electrons. The first-order valence-corrected chi connectivity index (χ1v) is 5.52. The zero-order valence-corrected chi connectivity index (χ0v) is 9.88. The van der Waals surface area contributed by atoms with Gasteiger partial charge >= 0.3 is 0 Å². The first-order valence-electron chi connectivity index (χ1n) is 5.52. The van der Waals surface area contributed by atoms with Gasteiger partial charge in [-0.05, 0) is 31.5 Å². The third kappa shape index (κ3) is 5.00. The molecule has 15 heavy (non-hydrogen) atoms. The van der Waals surface area contributed by atoms with Gasteiger partial charge < -0.3 is 14.5 Å². The van der Waals surface area contributed by atoms with Crippen molar-refractivity contribution in [1.82, 2.24) is 5.32 Å². The van der Waals surface area contributed by atoms with Crippen LogP contribution in [0.5, 0.6) is 0 Å². The molecular formula is C12H21NO2. The maximum absolute atomic E-state index is 5.54. The van der Waals surface area contributed by atoms with Gasteiger partial charge in [0.25, 0.3) is 0 Å². The van der Waals surface area contributed by atoms with Crippen LogP contribution in [0.15, 0.2) is 16.5 Å². The molecule has 0 aromatic carbocycles. The summed E-state index contributed by atoms with van der Waals surface area (Å²) in [4.78, 5) is 0. The lowest BCUT2D eigenvalue weighted by molar-refractivity contribution is 0.0961. The molecular weight excluding hydrogens is 190 g/mol. The van der Waals surface area contributed by atoms with E-state index in [2.05, 4.69) is 19.2 Å². The average molecular weight is 211 g/mol. The molecule has 0 atom stereocenters. The van der Waals surface area contributed by atoms with Gasteiger partial charge in [0.05, 0.1) is 6.54 Å². The van der Waals surface area contributed by atoms with Gasteiger partial charge in [0.1, 0.15) is 18.1 Å². The molecule has 0 unspecified atom stereocenters. The summed E-state index contributed by atoms with van der Waals surface area (Å²) in [5.41, 5.74) is 0. The van der Waals surface area contributed by atoms with E-state index >= 15 is 0 Å². The minimum absolute atomic E-state index is 0.580. The molecule has 1 N–H and O–H groups in total. The summed E-state index contributed by atoms with van der Waals surface area (Å²) in [6.07, 6.45) is 1.10. The van der Waals surface area contributed by atoms with Gasteiger partial charge in [0, 0.05) is 6.61 Å². The number of hydrogen-bond acceptors (Lipinski definition) is 3. The molecule has 1 heterocycles. The number of rotatable bonds is 7. The van der Waals surface area contributed by atoms with E-state index in [1.54, 1.807) is 0 Å². The molecule has 86 valence electrons. The van der Waals surface area contributed by atoms with Gasteiger partial charge in [-0.1, -0.05) is 13.8 Å². The van der Waals surface area contributed by atoms with E-state index in [1.807, 2.05) is 19.2 Å². The monoisotopic (exact) mass is 211 g/mol. The molecule has 0 aliphatic heterocycles. The second-order valence-electron chi connectivity index (χ2n) is 4.13. The van der Waals surface area contributed by atoms with Crippen LogP contribution in [0, 0.1) is 5.92 Å². The fraction of sp³-hybridized carbons (Fsp3) is 0.667. The van der Waals surface area contributed by atoms with E-state index in [4.69, 9.17) is 9.15 Å². The molecule has 1 aromatic rings. The zero-order valence-electron chi connectivity index (χ0n) is 9.88. The Morgan fingerprint density at radius 2 is 2.07 bits per heavy atom. The fourth-order valence-corrected chi connectivity index (χ4v) is 1.26. The van der Waals surface area contributed by atoms with Crippen LogP contribution < -0.4 is 5.32 Å². The van der Waals surface area contributed by atoms with Crippen LogP contribution in [0.3, 0.4) is 0 Å². The van der Waals surface area contributed by atoms with Crippen molar-refractivity contribution in [3.05, 3.63) is 23.7 Å². The third-order valence-corrected chi connectivity index (χ3v) is 2.15. The maximum atomic E-state index is 5.54. The smallest absolute Gasteiger partial charge is 0.129 e. The quantitative estimate of drug-likeness (QED) is 0.704.